The number of phenolic OH excluding ortho intramolecular Hbond substituents is 1. The summed E-state index contributed by atoms with van der Waals surface area (Å²) in [6, 6.07) is 15.2. The number of nitrogens with two attached hydrogens (primary N) is 1. The number of nitrogen functional groups attached to an aromatic ring is 1. The minimum absolute atomic E-state index is 0.0918. The number of anilines is 3. The number of carbonyl (C=O) groups excluding carboxylic acids is 2. The molecule has 9 nitrogen and oxygen atoms in total. The Bertz CT molecular complexity index is 1360. The van der Waals surface area contributed by atoms with E-state index >= 15 is 0 Å². The summed E-state index contributed by atoms with van der Waals surface area (Å²) in [6.07, 6.45) is 1.20. The van der Waals surface area contributed by atoms with Gasteiger partial charge in [-0.2, -0.15) is 0 Å². The summed E-state index contributed by atoms with van der Waals surface area (Å²) in [6.45, 7) is 1.87. The Morgan fingerprint density at radius 2 is 1.84 bits per heavy atom. The van der Waals surface area contributed by atoms with Crippen molar-refractivity contribution >= 4 is 60.9 Å². The maximum atomic E-state index is 12.9. The third-order valence-electron chi connectivity index (χ3n) is 5.46. The largest absolute Gasteiger partial charge is 0.506 e. The number of hydrogen-bond donors (Lipinski definition) is 4. The lowest BCUT2D eigenvalue weighted by Gasteiger charge is -2.24. The average Bonchev–Trinajstić information content (AvgIpc) is 3.33. The van der Waals surface area contributed by atoms with Crippen LogP contribution in [0.5, 0.6) is 17.2 Å². The molecule has 2 amide bonds. The average molecular weight is 633 g/mol. The van der Waals surface area contributed by atoms with Crippen LogP contribution in [0.4, 0.5) is 21.9 Å². The van der Waals surface area contributed by atoms with Gasteiger partial charge in [0.25, 0.3) is 0 Å². The summed E-state index contributed by atoms with van der Waals surface area (Å²) in [4.78, 5) is 25.4. The maximum Gasteiger partial charge on any atom is 0.412 e. The molecule has 1 heterocycles. The number of carbonyl (C=O) groups is 2. The molecule has 0 aromatic heterocycles. The molecule has 0 spiro atoms. The normalized spacial score (nSPS) is 13.7. The van der Waals surface area contributed by atoms with Gasteiger partial charge in [0, 0.05) is 27.7 Å². The summed E-state index contributed by atoms with van der Waals surface area (Å²) in [5.74, 6) is 0.0616. The summed E-state index contributed by atoms with van der Waals surface area (Å²) >= 11 is 6.72. The topological polar surface area (TPSA) is 132 Å². The molecule has 0 saturated heterocycles. The van der Waals surface area contributed by atoms with Crippen LogP contribution in [0.25, 0.3) is 0 Å². The smallest absolute Gasteiger partial charge is 0.412 e. The van der Waals surface area contributed by atoms with E-state index in [-0.39, 0.29) is 12.5 Å². The van der Waals surface area contributed by atoms with Crippen molar-refractivity contribution in [1.82, 2.24) is 0 Å². The van der Waals surface area contributed by atoms with Crippen LogP contribution in [0, 0.1) is 5.92 Å². The number of aromatic hydroxyl groups is 1. The highest BCUT2D eigenvalue weighted by molar-refractivity contribution is 9.11. The van der Waals surface area contributed by atoms with Gasteiger partial charge in [-0.05, 0) is 58.4 Å². The van der Waals surface area contributed by atoms with Gasteiger partial charge in [-0.1, -0.05) is 41.1 Å². The summed E-state index contributed by atoms with van der Waals surface area (Å²) in [5.41, 5.74) is 7.58. The molecule has 5 N–H and O–H groups in total. The highest BCUT2D eigenvalue weighted by atomic mass is 79.9. The standard InChI is InChI=1S/C26H23Br2N3O6/c1-14(6-9-23(32)31-20-5-3-2-4-19(20)29)25(17-10-15(27)11-18(28)24(17)33)37-26(34)30-16-7-8-21-22(12-16)36-13-35-21/h2-12,14,25,33H,13,29H2,1H3,(H,30,34)(H,31,32)/b9-6+/t14-,25+/m0/s1. The van der Waals surface area contributed by atoms with Crippen LogP contribution >= 0.6 is 31.9 Å². The van der Waals surface area contributed by atoms with Crippen molar-refractivity contribution in [3.8, 4) is 17.2 Å². The molecular formula is C26H23Br2N3O6. The van der Waals surface area contributed by atoms with Gasteiger partial charge in [0.1, 0.15) is 11.9 Å². The predicted octanol–water partition coefficient (Wildman–Crippen LogP) is 6.35. The van der Waals surface area contributed by atoms with Crippen LogP contribution in [0.3, 0.4) is 0 Å². The summed E-state index contributed by atoms with van der Waals surface area (Å²) in [5, 5.41) is 16.1. The molecule has 192 valence electrons. The number of para-hydroxylation sites is 2. The summed E-state index contributed by atoms with van der Waals surface area (Å²) < 4.78 is 17.5. The highest BCUT2D eigenvalue weighted by Gasteiger charge is 2.27. The molecule has 1 aliphatic rings. The van der Waals surface area contributed by atoms with Crippen molar-refractivity contribution in [1.29, 1.82) is 0 Å². The van der Waals surface area contributed by atoms with Gasteiger partial charge >= 0.3 is 6.09 Å². The molecule has 2 atom stereocenters. The zero-order valence-electron chi connectivity index (χ0n) is 19.5. The van der Waals surface area contributed by atoms with E-state index in [2.05, 4.69) is 42.5 Å². The lowest BCUT2D eigenvalue weighted by atomic mass is 9.96. The highest BCUT2D eigenvalue weighted by Crippen LogP contribution is 2.40. The molecule has 3 aromatic carbocycles. The van der Waals surface area contributed by atoms with Crippen molar-refractivity contribution in [3.05, 3.63) is 81.3 Å². The Kier molecular flexibility index (Phi) is 8.24. The minimum Gasteiger partial charge on any atom is -0.506 e. The number of phenols is 1. The molecule has 0 fully saturated rings. The zero-order chi connectivity index (χ0) is 26.5. The van der Waals surface area contributed by atoms with Gasteiger partial charge < -0.3 is 30.4 Å². The van der Waals surface area contributed by atoms with Gasteiger partial charge in [-0.3, -0.25) is 10.1 Å². The molecule has 4 rings (SSSR count). The van der Waals surface area contributed by atoms with E-state index in [1.807, 2.05) is 0 Å². The Morgan fingerprint density at radius 1 is 1.08 bits per heavy atom. The van der Waals surface area contributed by atoms with Crippen molar-refractivity contribution in [3.63, 3.8) is 0 Å². The molecule has 0 radical (unpaired) electrons. The fourth-order valence-corrected chi connectivity index (χ4v) is 4.88. The fraction of sp³-hybridized carbons (Fsp3) is 0.154. The summed E-state index contributed by atoms with van der Waals surface area (Å²) in [7, 11) is 0. The minimum atomic E-state index is -0.950. The third kappa shape index (κ3) is 6.55. The second kappa shape index (κ2) is 11.6. The maximum absolute atomic E-state index is 12.9. The first kappa shape index (κ1) is 26.4. The first-order valence-electron chi connectivity index (χ1n) is 11.1. The predicted molar refractivity (Wildman–Crippen MR) is 147 cm³/mol. The van der Waals surface area contributed by atoms with E-state index in [0.29, 0.717) is 43.1 Å². The Hall–Kier alpha value is -3.70. The number of halogens is 2. The van der Waals surface area contributed by atoms with Gasteiger partial charge in [0.15, 0.2) is 11.5 Å². The number of rotatable bonds is 7. The molecule has 1 aliphatic heterocycles. The fourth-order valence-electron chi connectivity index (χ4n) is 3.62. The number of nitrogens with one attached hydrogen (secondary N) is 2. The van der Waals surface area contributed by atoms with Crippen LogP contribution in [0.2, 0.25) is 0 Å². The van der Waals surface area contributed by atoms with Crippen molar-refractivity contribution in [2.45, 2.75) is 13.0 Å². The molecule has 3 aromatic rings. The Labute approximate surface area is 229 Å². The molecule has 0 saturated carbocycles. The quantitative estimate of drug-likeness (QED) is 0.176. The number of benzene rings is 3. The van der Waals surface area contributed by atoms with Crippen LogP contribution < -0.4 is 25.8 Å². The van der Waals surface area contributed by atoms with Crippen molar-refractivity contribution in [2.75, 3.05) is 23.2 Å². The van der Waals surface area contributed by atoms with Gasteiger partial charge in [0.05, 0.1) is 15.8 Å². The monoisotopic (exact) mass is 631 g/mol. The Morgan fingerprint density at radius 3 is 2.62 bits per heavy atom. The van der Waals surface area contributed by atoms with Crippen molar-refractivity contribution in [2.24, 2.45) is 5.92 Å². The van der Waals surface area contributed by atoms with E-state index in [4.69, 9.17) is 19.9 Å². The molecule has 11 heteroatoms. The number of fused-ring (bicyclic) bond motifs is 1. The van der Waals surface area contributed by atoms with E-state index < -0.39 is 24.0 Å². The van der Waals surface area contributed by atoms with E-state index in [0.717, 1.165) is 0 Å². The number of ether oxygens (including phenoxy) is 3. The van der Waals surface area contributed by atoms with Crippen LogP contribution in [-0.4, -0.2) is 23.9 Å². The first-order chi connectivity index (χ1) is 17.7. The van der Waals surface area contributed by atoms with Gasteiger partial charge in [0.2, 0.25) is 12.7 Å². The van der Waals surface area contributed by atoms with E-state index in [1.165, 1.54) is 6.08 Å². The van der Waals surface area contributed by atoms with E-state index in [1.54, 1.807) is 67.6 Å². The number of hydrogen-bond acceptors (Lipinski definition) is 7. The van der Waals surface area contributed by atoms with Crippen molar-refractivity contribution < 1.29 is 28.9 Å². The van der Waals surface area contributed by atoms with Crippen LogP contribution in [-0.2, 0) is 9.53 Å². The molecule has 0 unspecified atom stereocenters. The van der Waals surface area contributed by atoms with Gasteiger partial charge in [-0.25, -0.2) is 4.79 Å². The molecule has 37 heavy (non-hydrogen) atoms. The zero-order valence-corrected chi connectivity index (χ0v) is 22.7. The van der Waals surface area contributed by atoms with Gasteiger partial charge in [-0.15, -0.1) is 0 Å². The molecule has 0 bridgehead atoms. The number of amides is 2. The van der Waals surface area contributed by atoms with Crippen LogP contribution in [0.1, 0.15) is 18.6 Å². The van der Waals surface area contributed by atoms with Crippen LogP contribution in [0.15, 0.2) is 75.7 Å². The molecular weight excluding hydrogens is 610 g/mol. The second-order valence-corrected chi connectivity index (χ2v) is 9.91. The second-order valence-electron chi connectivity index (χ2n) is 8.14. The molecule has 0 aliphatic carbocycles. The Balaban J connectivity index is 1.53. The third-order valence-corrected chi connectivity index (χ3v) is 6.53. The first-order valence-corrected chi connectivity index (χ1v) is 12.7. The lowest BCUT2D eigenvalue weighted by molar-refractivity contribution is -0.111. The SMILES string of the molecule is C[C@@H](/C=C/C(=O)Nc1ccccc1N)[C@@H](OC(=O)Nc1ccc2c(c1)OCO2)c1cc(Br)cc(Br)c1O. The van der Waals surface area contributed by atoms with E-state index in [9.17, 15) is 14.7 Å². The lowest BCUT2D eigenvalue weighted by Crippen LogP contribution is -2.22.